The molecule has 0 bridgehead atoms. The van der Waals surface area contributed by atoms with Crippen LogP contribution < -0.4 is 5.32 Å². The van der Waals surface area contributed by atoms with Gasteiger partial charge in [-0.05, 0) is 30.3 Å². The zero-order valence-electron chi connectivity index (χ0n) is 8.44. The van der Waals surface area contributed by atoms with Gasteiger partial charge in [0.2, 0.25) is 0 Å². The Hall–Kier alpha value is -2.34. The highest BCUT2D eigenvalue weighted by Crippen LogP contribution is 2.18. The Balaban J connectivity index is 2.29. The first kappa shape index (κ1) is 10.2. The van der Waals surface area contributed by atoms with Crippen molar-refractivity contribution in [2.24, 2.45) is 0 Å². The number of nitriles is 1. The molecule has 2 aromatic carbocycles. The fraction of sp³-hybridized carbons (Fsp3) is 0. The highest BCUT2D eigenvalue weighted by molar-refractivity contribution is 5.61. The molecule has 0 atom stereocenters. The Labute approximate surface area is 93.0 Å². The number of nitrogens with zero attached hydrogens (tertiary/aromatic N) is 1. The van der Waals surface area contributed by atoms with Gasteiger partial charge in [0.05, 0.1) is 11.6 Å². The summed E-state index contributed by atoms with van der Waals surface area (Å²) in [6.07, 6.45) is 0. The minimum Gasteiger partial charge on any atom is -0.355 e. The first-order valence-corrected chi connectivity index (χ1v) is 4.81. The number of nitrogens with one attached hydrogen (secondary N) is 1. The summed E-state index contributed by atoms with van der Waals surface area (Å²) in [6, 6.07) is 15.5. The number of para-hydroxylation sites is 1. The molecule has 2 nitrogen and oxygen atoms in total. The van der Waals surface area contributed by atoms with Crippen LogP contribution in [0.4, 0.5) is 15.8 Å². The zero-order chi connectivity index (χ0) is 11.4. The van der Waals surface area contributed by atoms with Crippen molar-refractivity contribution < 1.29 is 4.39 Å². The maximum absolute atomic E-state index is 13.1. The molecule has 2 rings (SSSR count). The minimum atomic E-state index is -0.419. The average molecular weight is 212 g/mol. The standard InChI is InChI=1S/C13H9FN2/c14-11-6-10(9-15)7-13(8-11)16-12-4-2-1-3-5-12/h1-8,16H. The third-order valence-corrected chi connectivity index (χ3v) is 2.09. The highest BCUT2D eigenvalue weighted by Gasteiger charge is 2.00. The van der Waals surface area contributed by atoms with Crippen LogP contribution in [0.5, 0.6) is 0 Å². The second-order valence-corrected chi connectivity index (χ2v) is 3.33. The van der Waals surface area contributed by atoms with E-state index in [0.717, 1.165) is 5.69 Å². The van der Waals surface area contributed by atoms with E-state index in [2.05, 4.69) is 5.32 Å². The van der Waals surface area contributed by atoms with Gasteiger partial charge in [0.1, 0.15) is 5.82 Å². The van der Waals surface area contributed by atoms with Crippen LogP contribution in [-0.4, -0.2) is 0 Å². The molecule has 0 saturated heterocycles. The van der Waals surface area contributed by atoms with E-state index in [9.17, 15) is 4.39 Å². The SMILES string of the molecule is N#Cc1cc(F)cc(Nc2ccccc2)c1. The van der Waals surface area contributed by atoms with Gasteiger partial charge < -0.3 is 5.32 Å². The lowest BCUT2D eigenvalue weighted by molar-refractivity contribution is 0.628. The molecular weight excluding hydrogens is 203 g/mol. The van der Waals surface area contributed by atoms with Crippen LogP contribution in [0.1, 0.15) is 5.56 Å². The summed E-state index contributed by atoms with van der Waals surface area (Å²) in [7, 11) is 0. The van der Waals surface area contributed by atoms with Crippen LogP contribution in [0.3, 0.4) is 0 Å². The van der Waals surface area contributed by atoms with E-state index < -0.39 is 5.82 Å². The van der Waals surface area contributed by atoms with E-state index in [4.69, 9.17) is 5.26 Å². The van der Waals surface area contributed by atoms with Crippen LogP contribution in [0.25, 0.3) is 0 Å². The molecule has 0 fully saturated rings. The molecule has 0 radical (unpaired) electrons. The lowest BCUT2D eigenvalue weighted by Crippen LogP contribution is -1.91. The third kappa shape index (κ3) is 2.37. The van der Waals surface area contributed by atoms with Crippen molar-refractivity contribution in [2.75, 3.05) is 5.32 Å². The van der Waals surface area contributed by atoms with Crippen molar-refractivity contribution in [3.8, 4) is 6.07 Å². The minimum absolute atomic E-state index is 0.304. The predicted octanol–water partition coefficient (Wildman–Crippen LogP) is 3.44. The number of anilines is 2. The highest BCUT2D eigenvalue weighted by atomic mass is 19.1. The smallest absolute Gasteiger partial charge is 0.126 e. The van der Waals surface area contributed by atoms with E-state index in [1.54, 1.807) is 6.07 Å². The summed E-state index contributed by atoms with van der Waals surface area (Å²) in [6.45, 7) is 0. The number of rotatable bonds is 2. The van der Waals surface area contributed by atoms with Gasteiger partial charge in [-0.25, -0.2) is 4.39 Å². The summed E-state index contributed by atoms with van der Waals surface area (Å²) in [5.41, 5.74) is 1.73. The number of hydrogen-bond donors (Lipinski definition) is 1. The van der Waals surface area contributed by atoms with E-state index in [1.165, 1.54) is 12.1 Å². The molecular formula is C13H9FN2. The molecule has 3 heteroatoms. The van der Waals surface area contributed by atoms with E-state index in [0.29, 0.717) is 11.3 Å². The molecule has 0 unspecified atom stereocenters. The zero-order valence-corrected chi connectivity index (χ0v) is 8.44. The van der Waals surface area contributed by atoms with Crippen LogP contribution in [0, 0.1) is 17.1 Å². The summed E-state index contributed by atoms with van der Waals surface area (Å²) in [5.74, 6) is -0.419. The molecule has 0 aromatic heterocycles. The van der Waals surface area contributed by atoms with Gasteiger partial charge in [-0.15, -0.1) is 0 Å². The molecule has 2 aromatic rings. The Morgan fingerprint density at radius 3 is 2.44 bits per heavy atom. The normalized spacial score (nSPS) is 9.50. The lowest BCUT2D eigenvalue weighted by Gasteiger charge is -2.06. The maximum Gasteiger partial charge on any atom is 0.126 e. The largest absolute Gasteiger partial charge is 0.355 e. The first-order valence-electron chi connectivity index (χ1n) is 4.81. The van der Waals surface area contributed by atoms with Gasteiger partial charge in [-0.3, -0.25) is 0 Å². The molecule has 0 aliphatic carbocycles. The van der Waals surface area contributed by atoms with Crippen molar-refractivity contribution in [3.63, 3.8) is 0 Å². The average Bonchev–Trinajstić information content (AvgIpc) is 2.29. The van der Waals surface area contributed by atoms with Crippen LogP contribution in [-0.2, 0) is 0 Å². The lowest BCUT2D eigenvalue weighted by atomic mass is 10.2. The topological polar surface area (TPSA) is 35.8 Å². The van der Waals surface area contributed by atoms with Crippen molar-refractivity contribution in [1.29, 1.82) is 5.26 Å². The summed E-state index contributed by atoms with van der Waals surface area (Å²) in [4.78, 5) is 0. The monoisotopic (exact) mass is 212 g/mol. The summed E-state index contributed by atoms with van der Waals surface area (Å²) < 4.78 is 13.1. The van der Waals surface area contributed by atoms with Crippen molar-refractivity contribution in [1.82, 2.24) is 0 Å². The summed E-state index contributed by atoms with van der Waals surface area (Å²) in [5, 5.41) is 11.7. The van der Waals surface area contributed by atoms with Gasteiger partial charge >= 0.3 is 0 Å². The Morgan fingerprint density at radius 2 is 1.75 bits per heavy atom. The molecule has 0 saturated carbocycles. The Bertz CT molecular complexity index is 529. The number of benzene rings is 2. The van der Waals surface area contributed by atoms with Crippen molar-refractivity contribution in [3.05, 3.63) is 59.9 Å². The van der Waals surface area contributed by atoms with Crippen molar-refractivity contribution in [2.45, 2.75) is 0 Å². The molecule has 0 aliphatic heterocycles. The first-order chi connectivity index (χ1) is 7.78. The van der Waals surface area contributed by atoms with Gasteiger partial charge in [-0.1, -0.05) is 18.2 Å². The van der Waals surface area contributed by atoms with Crippen LogP contribution >= 0.6 is 0 Å². The Morgan fingerprint density at radius 1 is 1.00 bits per heavy atom. The van der Waals surface area contributed by atoms with E-state index >= 15 is 0 Å². The fourth-order valence-electron chi connectivity index (χ4n) is 1.41. The number of hydrogen-bond acceptors (Lipinski definition) is 2. The van der Waals surface area contributed by atoms with Gasteiger partial charge in [0.15, 0.2) is 0 Å². The van der Waals surface area contributed by atoms with E-state index in [-0.39, 0.29) is 0 Å². The third-order valence-electron chi connectivity index (χ3n) is 2.09. The molecule has 16 heavy (non-hydrogen) atoms. The van der Waals surface area contributed by atoms with Crippen molar-refractivity contribution >= 4 is 11.4 Å². The molecule has 0 aliphatic rings. The summed E-state index contributed by atoms with van der Waals surface area (Å²) >= 11 is 0. The predicted molar refractivity (Wildman–Crippen MR) is 60.8 cm³/mol. The second-order valence-electron chi connectivity index (χ2n) is 3.33. The molecule has 0 spiro atoms. The maximum atomic E-state index is 13.1. The van der Waals surface area contributed by atoms with Crippen LogP contribution in [0.15, 0.2) is 48.5 Å². The Kier molecular flexibility index (Phi) is 2.84. The number of halogens is 1. The fourth-order valence-corrected chi connectivity index (χ4v) is 1.41. The molecule has 0 heterocycles. The van der Waals surface area contributed by atoms with Gasteiger partial charge in [-0.2, -0.15) is 5.26 Å². The molecule has 78 valence electrons. The van der Waals surface area contributed by atoms with Crippen LogP contribution in [0.2, 0.25) is 0 Å². The quantitative estimate of drug-likeness (QED) is 0.827. The molecule has 1 N–H and O–H groups in total. The van der Waals surface area contributed by atoms with Gasteiger partial charge in [0, 0.05) is 11.4 Å². The second kappa shape index (κ2) is 4.45. The van der Waals surface area contributed by atoms with Gasteiger partial charge in [0.25, 0.3) is 0 Å². The van der Waals surface area contributed by atoms with E-state index in [1.807, 2.05) is 36.4 Å². The molecule has 0 amide bonds.